The van der Waals surface area contributed by atoms with Crippen LogP contribution in [0, 0.1) is 23.7 Å². The van der Waals surface area contributed by atoms with E-state index in [1.54, 1.807) is 4.68 Å². The van der Waals surface area contributed by atoms with E-state index in [1.165, 1.54) is 0 Å². The Balaban J connectivity index is 3.07. The average Bonchev–Trinajstić information content (AvgIpc) is 2.47. The molecule has 1 heterocycles. The fourth-order valence-corrected chi connectivity index (χ4v) is 1.75. The molecule has 0 spiro atoms. The lowest BCUT2D eigenvalue weighted by Gasteiger charge is -2.31. The number of nitrogens with two attached hydrogens (primary N) is 1. The second-order valence-corrected chi connectivity index (χ2v) is 5.34. The summed E-state index contributed by atoms with van der Waals surface area (Å²) in [7, 11) is 1.83. The van der Waals surface area contributed by atoms with Crippen LogP contribution >= 0.6 is 0 Å². The molecule has 0 fully saturated rings. The number of hydrogen-bond donors (Lipinski definition) is 2. The van der Waals surface area contributed by atoms with Crippen molar-refractivity contribution in [3.05, 3.63) is 11.3 Å². The van der Waals surface area contributed by atoms with E-state index in [0.717, 1.165) is 11.5 Å². The number of nitriles is 1. The number of aromatic nitrogens is 2. The topological polar surface area (TPSA) is 79.7 Å². The molecule has 0 saturated heterocycles. The molecule has 0 aliphatic heterocycles. The largest absolute Gasteiger partial charge is 0.365 e. The van der Waals surface area contributed by atoms with Gasteiger partial charge in [-0.25, -0.2) is 0 Å². The zero-order valence-electron chi connectivity index (χ0n) is 11.2. The molecule has 1 aromatic heterocycles. The van der Waals surface area contributed by atoms with Gasteiger partial charge in [-0.05, 0) is 12.3 Å². The maximum atomic E-state index is 9.13. The summed E-state index contributed by atoms with van der Waals surface area (Å²) >= 11 is 0. The van der Waals surface area contributed by atoms with Crippen LogP contribution in [0.4, 0.5) is 5.82 Å². The van der Waals surface area contributed by atoms with Gasteiger partial charge in [0.1, 0.15) is 17.5 Å². The molecule has 1 rings (SSSR count). The molecule has 0 aliphatic rings. The van der Waals surface area contributed by atoms with Gasteiger partial charge >= 0.3 is 0 Å². The van der Waals surface area contributed by atoms with Crippen molar-refractivity contribution in [1.29, 1.82) is 5.26 Å². The number of anilines is 1. The van der Waals surface area contributed by atoms with Crippen molar-refractivity contribution in [2.75, 3.05) is 11.9 Å². The van der Waals surface area contributed by atoms with Crippen LogP contribution in [0.3, 0.4) is 0 Å². The highest BCUT2D eigenvalue weighted by Gasteiger charge is 2.25. The molecule has 3 N–H and O–H groups in total. The molecule has 0 saturated carbocycles. The highest BCUT2D eigenvalue weighted by atomic mass is 15.3. The first-order valence-corrected chi connectivity index (χ1v) is 5.71. The third-order valence-corrected chi connectivity index (χ3v) is 2.93. The minimum atomic E-state index is 0.0274. The van der Waals surface area contributed by atoms with E-state index < -0.39 is 0 Å². The molecule has 17 heavy (non-hydrogen) atoms. The van der Waals surface area contributed by atoms with Crippen molar-refractivity contribution in [1.82, 2.24) is 9.78 Å². The van der Waals surface area contributed by atoms with Gasteiger partial charge in [0.15, 0.2) is 0 Å². The molecule has 0 amide bonds. The Labute approximate surface area is 103 Å². The van der Waals surface area contributed by atoms with Crippen LogP contribution in [0.25, 0.3) is 0 Å². The van der Waals surface area contributed by atoms with Crippen molar-refractivity contribution in [2.45, 2.75) is 33.7 Å². The Morgan fingerprint density at radius 3 is 2.53 bits per heavy atom. The standard InChI is InChI=1S/C12H21N5/c1-8-9(6-13)11(17(5)16-8)15-10(7-14)12(2,3)4/h10,15H,7,14H2,1-5H3. The minimum absolute atomic E-state index is 0.0274. The van der Waals surface area contributed by atoms with E-state index in [4.69, 9.17) is 11.0 Å². The molecule has 0 aromatic carbocycles. The molecule has 1 aromatic rings. The third kappa shape index (κ3) is 2.77. The fraction of sp³-hybridized carbons (Fsp3) is 0.667. The number of hydrogen-bond acceptors (Lipinski definition) is 4. The Hall–Kier alpha value is -1.54. The number of rotatable bonds is 3. The number of nitrogens with zero attached hydrogens (tertiary/aromatic N) is 3. The molecular weight excluding hydrogens is 214 g/mol. The predicted octanol–water partition coefficient (Wildman–Crippen LogP) is 1.39. The van der Waals surface area contributed by atoms with Gasteiger partial charge in [-0.15, -0.1) is 0 Å². The fourth-order valence-electron chi connectivity index (χ4n) is 1.75. The molecule has 5 nitrogen and oxygen atoms in total. The Morgan fingerprint density at radius 2 is 2.12 bits per heavy atom. The first-order chi connectivity index (χ1) is 7.81. The molecule has 1 unspecified atom stereocenters. The summed E-state index contributed by atoms with van der Waals surface area (Å²) in [6.45, 7) is 8.70. The van der Waals surface area contributed by atoms with E-state index in [1.807, 2.05) is 14.0 Å². The van der Waals surface area contributed by atoms with Crippen molar-refractivity contribution in [3.8, 4) is 6.07 Å². The first kappa shape index (κ1) is 13.5. The van der Waals surface area contributed by atoms with Crippen LogP contribution in [-0.2, 0) is 7.05 Å². The van der Waals surface area contributed by atoms with Crippen LogP contribution in [0.2, 0.25) is 0 Å². The van der Waals surface area contributed by atoms with Crippen LogP contribution in [0.5, 0.6) is 0 Å². The van der Waals surface area contributed by atoms with Crippen LogP contribution < -0.4 is 11.1 Å². The summed E-state index contributed by atoms with van der Waals surface area (Å²) in [5.41, 5.74) is 7.14. The van der Waals surface area contributed by atoms with E-state index in [0.29, 0.717) is 12.1 Å². The summed E-state index contributed by atoms with van der Waals surface area (Å²) in [6.07, 6.45) is 0. The number of nitrogens with one attached hydrogen (secondary N) is 1. The molecule has 1 atom stereocenters. The third-order valence-electron chi connectivity index (χ3n) is 2.93. The normalized spacial score (nSPS) is 13.2. The second kappa shape index (κ2) is 4.76. The lowest BCUT2D eigenvalue weighted by molar-refractivity contribution is 0.344. The first-order valence-electron chi connectivity index (χ1n) is 5.71. The van der Waals surface area contributed by atoms with Gasteiger partial charge in [0.05, 0.1) is 5.69 Å². The van der Waals surface area contributed by atoms with Crippen molar-refractivity contribution < 1.29 is 0 Å². The maximum Gasteiger partial charge on any atom is 0.142 e. The van der Waals surface area contributed by atoms with Gasteiger partial charge in [-0.2, -0.15) is 10.4 Å². The van der Waals surface area contributed by atoms with Crippen LogP contribution in [0.15, 0.2) is 0 Å². The lowest BCUT2D eigenvalue weighted by Crippen LogP contribution is -2.41. The summed E-state index contributed by atoms with van der Waals surface area (Å²) in [6, 6.07) is 2.28. The van der Waals surface area contributed by atoms with Gasteiger partial charge in [-0.1, -0.05) is 20.8 Å². The average molecular weight is 235 g/mol. The SMILES string of the molecule is Cc1nn(C)c(NC(CN)C(C)(C)C)c1C#N. The van der Waals surface area contributed by atoms with Crippen molar-refractivity contribution >= 4 is 5.82 Å². The van der Waals surface area contributed by atoms with E-state index in [9.17, 15) is 0 Å². The molecule has 94 valence electrons. The summed E-state index contributed by atoms with van der Waals surface area (Å²) in [5, 5.41) is 16.7. The molecule has 0 aliphatic carbocycles. The van der Waals surface area contributed by atoms with Crippen LogP contribution in [0.1, 0.15) is 32.0 Å². The number of aryl methyl sites for hydroxylation is 2. The zero-order valence-corrected chi connectivity index (χ0v) is 11.2. The van der Waals surface area contributed by atoms with Gasteiger partial charge < -0.3 is 11.1 Å². The van der Waals surface area contributed by atoms with E-state index in [-0.39, 0.29) is 11.5 Å². The van der Waals surface area contributed by atoms with E-state index >= 15 is 0 Å². The maximum absolute atomic E-state index is 9.13. The molecular formula is C12H21N5. The highest BCUT2D eigenvalue weighted by molar-refractivity contribution is 5.55. The smallest absolute Gasteiger partial charge is 0.142 e. The van der Waals surface area contributed by atoms with Gasteiger partial charge in [-0.3, -0.25) is 4.68 Å². The predicted molar refractivity (Wildman–Crippen MR) is 68.6 cm³/mol. The van der Waals surface area contributed by atoms with Gasteiger partial charge in [0.2, 0.25) is 0 Å². The van der Waals surface area contributed by atoms with Crippen LogP contribution in [-0.4, -0.2) is 22.4 Å². The summed E-state index contributed by atoms with van der Waals surface area (Å²) < 4.78 is 1.70. The monoisotopic (exact) mass is 235 g/mol. The second-order valence-electron chi connectivity index (χ2n) is 5.34. The quantitative estimate of drug-likeness (QED) is 0.829. The van der Waals surface area contributed by atoms with Crippen molar-refractivity contribution in [2.24, 2.45) is 18.2 Å². The Kier molecular flexibility index (Phi) is 3.79. The van der Waals surface area contributed by atoms with Gasteiger partial charge in [0, 0.05) is 19.6 Å². The lowest BCUT2D eigenvalue weighted by atomic mass is 9.87. The van der Waals surface area contributed by atoms with E-state index in [2.05, 4.69) is 37.3 Å². The summed E-state index contributed by atoms with van der Waals surface area (Å²) in [5.74, 6) is 0.746. The minimum Gasteiger partial charge on any atom is -0.365 e. The summed E-state index contributed by atoms with van der Waals surface area (Å²) in [4.78, 5) is 0. The van der Waals surface area contributed by atoms with Crippen molar-refractivity contribution in [3.63, 3.8) is 0 Å². The highest BCUT2D eigenvalue weighted by Crippen LogP contribution is 2.25. The molecule has 0 bridgehead atoms. The Bertz CT molecular complexity index is 433. The molecule has 5 heteroatoms. The Morgan fingerprint density at radius 1 is 1.53 bits per heavy atom. The zero-order chi connectivity index (χ0) is 13.2. The van der Waals surface area contributed by atoms with Gasteiger partial charge in [0.25, 0.3) is 0 Å². The molecule has 0 radical (unpaired) electrons.